The molecule has 0 saturated carbocycles. The molecule has 0 spiro atoms. The van der Waals surface area contributed by atoms with E-state index in [9.17, 15) is 4.79 Å². The molecule has 1 aromatic heterocycles. The van der Waals surface area contributed by atoms with Gasteiger partial charge in [-0.25, -0.2) is 0 Å². The number of aromatic nitrogens is 1. The fourth-order valence-corrected chi connectivity index (χ4v) is 3.52. The van der Waals surface area contributed by atoms with Crippen molar-refractivity contribution >= 4 is 16.8 Å². The second-order valence-electron chi connectivity index (χ2n) is 5.85. The molecule has 3 rings (SSSR count). The van der Waals surface area contributed by atoms with Gasteiger partial charge in [-0.05, 0) is 32.4 Å². The Morgan fingerprint density at radius 1 is 1.43 bits per heavy atom. The summed E-state index contributed by atoms with van der Waals surface area (Å²) in [4.78, 5) is 12.1. The Morgan fingerprint density at radius 3 is 2.95 bits per heavy atom. The molecule has 112 valence electrons. The van der Waals surface area contributed by atoms with Gasteiger partial charge in [0, 0.05) is 24.0 Å². The van der Waals surface area contributed by atoms with E-state index in [1.54, 1.807) is 0 Å². The number of nitrogens with zero attached hydrogens (tertiary/aromatic N) is 1. The van der Waals surface area contributed by atoms with Gasteiger partial charge in [0.1, 0.15) is 5.60 Å². The number of ether oxygens (including phenoxy) is 1. The van der Waals surface area contributed by atoms with Crippen LogP contribution in [0.4, 0.5) is 0 Å². The van der Waals surface area contributed by atoms with Crippen LogP contribution in [0.1, 0.15) is 31.5 Å². The molecule has 1 aliphatic heterocycles. The van der Waals surface area contributed by atoms with Crippen molar-refractivity contribution in [1.29, 1.82) is 0 Å². The maximum absolute atomic E-state index is 12.1. The first kappa shape index (κ1) is 14.1. The molecule has 1 amide bonds. The van der Waals surface area contributed by atoms with Crippen LogP contribution in [0, 0.1) is 6.92 Å². The molecule has 0 bridgehead atoms. The van der Waals surface area contributed by atoms with Gasteiger partial charge in [-0.3, -0.25) is 4.79 Å². The Bertz CT molecular complexity index is 689. The molecular weight excluding hydrogens is 264 g/mol. The number of aryl methyl sites for hydroxylation is 1. The van der Waals surface area contributed by atoms with Crippen LogP contribution in [-0.2, 0) is 21.7 Å². The normalized spacial score (nSPS) is 21.3. The Hall–Kier alpha value is -1.81. The zero-order chi connectivity index (χ0) is 15.0. The van der Waals surface area contributed by atoms with Gasteiger partial charge in [0.25, 0.3) is 0 Å². The van der Waals surface area contributed by atoms with E-state index in [0.717, 1.165) is 12.2 Å². The van der Waals surface area contributed by atoms with Crippen LogP contribution in [-0.4, -0.2) is 23.6 Å². The van der Waals surface area contributed by atoms with Gasteiger partial charge in [-0.2, -0.15) is 0 Å². The van der Waals surface area contributed by atoms with Crippen molar-refractivity contribution in [2.24, 2.45) is 0 Å². The fraction of sp³-hybridized carbons (Fsp3) is 0.471. The van der Waals surface area contributed by atoms with E-state index in [-0.39, 0.29) is 5.91 Å². The van der Waals surface area contributed by atoms with E-state index in [2.05, 4.69) is 41.1 Å². The highest BCUT2D eigenvalue weighted by Crippen LogP contribution is 2.39. The third kappa shape index (κ3) is 2.23. The molecule has 21 heavy (non-hydrogen) atoms. The van der Waals surface area contributed by atoms with Gasteiger partial charge >= 0.3 is 0 Å². The Morgan fingerprint density at radius 2 is 2.19 bits per heavy atom. The van der Waals surface area contributed by atoms with Crippen LogP contribution in [0.5, 0.6) is 0 Å². The number of hydrogen-bond acceptors (Lipinski definition) is 2. The second-order valence-corrected chi connectivity index (χ2v) is 5.85. The van der Waals surface area contributed by atoms with Gasteiger partial charge in [0.2, 0.25) is 5.91 Å². The number of rotatable bonds is 3. The van der Waals surface area contributed by atoms with Gasteiger partial charge in [0.15, 0.2) is 0 Å². The molecule has 0 aliphatic carbocycles. The van der Waals surface area contributed by atoms with Crippen molar-refractivity contribution < 1.29 is 9.53 Å². The van der Waals surface area contributed by atoms with E-state index in [1.807, 2.05) is 13.8 Å². The molecule has 2 heterocycles. The fourth-order valence-electron chi connectivity index (χ4n) is 3.52. The summed E-state index contributed by atoms with van der Waals surface area (Å²) >= 11 is 0. The van der Waals surface area contributed by atoms with E-state index < -0.39 is 5.60 Å². The predicted molar refractivity (Wildman–Crippen MR) is 83.3 cm³/mol. The van der Waals surface area contributed by atoms with Crippen LogP contribution in [0.3, 0.4) is 0 Å². The van der Waals surface area contributed by atoms with E-state index in [1.165, 1.54) is 16.5 Å². The number of para-hydroxylation sites is 1. The Labute approximate surface area is 125 Å². The number of benzene rings is 1. The molecular formula is C17H22N2O2. The first-order valence-corrected chi connectivity index (χ1v) is 7.56. The van der Waals surface area contributed by atoms with Crippen molar-refractivity contribution in [3.63, 3.8) is 0 Å². The van der Waals surface area contributed by atoms with Crippen LogP contribution in [0.25, 0.3) is 10.9 Å². The molecule has 1 atom stereocenters. The maximum atomic E-state index is 12.1. The zero-order valence-corrected chi connectivity index (χ0v) is 12.9. The minimum Gasteiger partial charge on any atom is -0.367 e. The van der Waals surface area contributed by atoms with E-state index >= 15 is 0 Å². The van der Waals surface area contributed by atoms with Crippen molar-refractivity contribution in [1.82, 2.24) is 9.88 Å². The third-order valence-electron chi connectivity index (χ3n) is 4.33. The van der Waals surface area contributed by atoms with Crippen molar-refractivity contribution in [2.45, 2.75) is 39.3 Å². The predicted octanol–water partition coefficient (Wildman–Crippen LogP) is 2.72. The molecule has 0 fully saturated rings. The summed E-state index contributed by atoms with van der Waals surface area (Å²) in [5.41, 5.74) is 3.04. The topological polar surface area (TPSA) is 43.3 Å². The number of carbonyl (C=O) groups excluding carboxylic acids is 1. The van der Waals surface area contributed by atoms with Crippen molar-refractivity contribution in [3.05, 3.63) is 35.5 Å². The van der Waals surface area contributed by atoms with Crippen molar-refractivity contribution in [3.8, 4) is 0 Å². The highest BCUT2D eigenvalue weighted by Gasteiger charge is 2.38. The quantitative estimate of drug-likeness (QED) is 0.942. The van der Waals surface area contributed by atoms with E-state index in [0.29, 0.717) is 19.6 Å². The Kier molecular flexibility index (Phi) is 3.49. The molecule has 0 saturated heterocycles. The highest BCUT2D eigenvalue weighted by molar-refractivity contribution is 5.86. The largest absolute Gasteiger partial charge is 0.367 e. The number of nitrogens with one attached hydrogen (secondary N) is 1. The average molecular weight is 286 g/mol. The number of fused-ring (bicyclic) bond motifs is 3. The molecule has 1 aliphatic rings. The SMILES string of the molecule is CCNC(=O)CC1(C)OCCn2c1c(C)c1ccccc12. The summed E-state index contributed by atoms with van der Waals surface area (Å²) in [6, 6.07) is 8.40. The lowest BCUT2D eigenvalue weighted by Crippen LogP contribution is -2.40. The van der Waals surface area contributed by atoms with Crippen molar-refractivity contribution in [2.75, 3.05) is 13.2 Å². The van der Waals surface area contributed by atoms with Crippen LogP contribution >= 0.6 is 0 Å². The van der Waals surface area contributed by atoms with Crippen LogP contribution in [0.15, 0.2) is 24.3 Å². The summed E-state index contributed by atoms with van der Waals surface area (Å²) in [6.45, 7) is 8.22. The summed E-state index contributed by atoms with van der Waals surface area (Å²) in [5, 5.41) is 4.12. The first-order chi connectivity index (χ1) is 10.1. The zero-order valence-electron chi connectivity index (χ0n) is 12.9. The van der Waals surface area contributed by atoms with E-state index in [4.69, 9.17) is 4.74 Å². The number of carbonyl (C=O) groups is 1. The molecule has 4 heteroatoms. The minimum absolute atomic E-state index is 0.0399. The average Bonchev–Trinajstić information content (AvgIpc) is 2.74. The lowest BCUT2D eigenvalue weighted by molar-refractivity contribution is -0.131. The van der Waals surface area contributed by atoms with Gasteiger partial charge < -0.3 is 14.6 Å². The number of hydrogen-bond donors (Lipinski definition) is 1. The summed E-state index contributed by atoms with van der Waals surface area (Å²) in [7, 11) is 0. The summed E-state index contributed by atoms with van der Waals surface area (Å²) < 4.78 is 8.35. The number of amides is 1. The molecule has 1 aromatic carbocycles. The van der Waals surface area contributed by atoms with Gasteiger partial charge in [-0.1, -0.05) is 18.2 Å². The third-order valence-corrected chi connectivity index (χ3v) is 4.33. The monoisotopic (exact) mass is 286 g/mol. The van der Waals surface area contributed by atoms with Gasteiger partial charge in [0.05, 0.1) is 18.7 Å². The highest BCUT2D eigenvalue weighted by atomic mass is 16.5. The summed E-state index contributed by atoms with van der Waals surface area (Å²) in [6.07, 6.45) is 0.359. The molecule has 1 unspecified atom stereocenters. The lowest BCUT2D eigenvalue weighted by atomic mass is 9.92. The lowest BCUT2D eigenvalue weighted by Gasteiger charge is -2.36. The maximum Gasteiger partial charge on any atom is 0.223 e. The smallest absolute Gasteiger partial charge is 0.223 e. The second kappa shape index (κ2) is 5.19. The van der Waals surface area contributed by atoms with Crippen LogP contribution < -0.4 is 5.32 Å². The molecule has 0 radical (unpaired) electrons. The molecule has 2 aromatic rings. The first-order valence-electron chi connectivity index (χ1n) is 7.56. The molecule has 1 N–H and O–H groups in total. The van der Waals surface area contributed by atoms with Crippen LogP contribution in [0.2, 0.25) is 0 Å². The van der Waals surface area contributed by atoms with Gasteiger partial charge in [-0.15, -0.1) is 0 Å². The standard InChI is InChI=1S/C17H22N2O2/c1-4-18-15(20)11-17(3)16-12(2)13-7-5-6-8-14(13)19(16)9-10-21-17/h5-8H,4,9-11H2,1-3H3,(H,18,20). The Balaban J connectivity index is 2.11. The summed E-state index contributed by atoms with van der Waals surface area (Å²) in [5.74, 6) is 0.0399. The molecule has 4 nitrogen and oxygen atoms in total. The minimum atomic E-state index is -0.555.